The molecule has 0 radical (unpaired) electrons. The minimum Gasteiger partial charge on any atom is -0.493 e. The number of ether oxygens (including phenoxy) is 5. The Morgan fingerprint density at radius 1 is 0.926 bits per heavy atom. The van der Waals surface area contributed by atoms with Crippen LogP contribution in [0.1, 0.15) is 15.9 Å². The van der Waals surface area contributed by atoms with Crippen LogP contribution in [0.4, 0.5) is 0 Å². The summed E-state index contributed by atoms with van der Waals surface area (Å²) in [4.78, 5) is 12.1. The molecule has 3 aromatic rings. The number of esters is 1. The van der Waals surface area contributed by atoms with Crippen molar-refractivity contribution in [1.29, 1.82) is 0 Å². The monoisotopic (exact) mass is 364 g/mol. The molecule has 2 aliphatic heterocycles. The maximum atomic E-state index is 12.1. The van der Waals surface area contributed by atoms with Crippen molar-refractivity contribution >= 4 is 16.7 Å². The Morgan fingerprint density at radius 2 is 1.78 bits per heavy atom. The minimum atomic E-state index is -0.303. The van der Waals surface area contributed by atoms with Crippen LogP contribution >= 0.6 is 0 Å². The van der Waals surface area contributed by atoms with E-state index in [9.17, 15) is 4.79 Å². The van der Waals surface area contributed by atoms with Crippen molar-refractivity contribution < 1.29 is 28.5 Å². The van der Waals surface area contributed by atoms with Crippen LogP contribution in [0.3, 0.4) is 0 Å². The van der Waals surface area contributed by atoms with E-state index >= 15 is 0 Å². The summed E-state index contributed by atoms with van der Waals surface area (Å²) in [6.07, 6.45) is 0. The average Bonchev–Trinajstić information content (AvgIpc) is 3.30. The predicted molar refractivity (Wildman–Crippen MR) is 97.7 cm³/mol. The Bertz CT molecular complexity index is 1100. The summed E-state index contributed by atoms with van der Waals surface area (Å²) in [5.74, 6) is 2.28. The molecule has 2 aliphatic rings. The Balaban J connectivity index is 1.83. The third kappa shape index (κ3) is 2.30. The van der Waals surface area contributed by atoms with Gasteiger partial charge in [0, 0.05) is 11.1 Å². The second-order valence-corrected chi connectivity index (χ2v) is 6.36. The maximum absolute atomic E-state index is 12.1. The second-order valence-electron chi connectivity index (χ2n) is 6.36. The fourth-order valence-corrected chi connectivity index (χ4v) is 3.66. The summed E-state index contributed by atoms with van der Waals surface area (Å²) in [5.41, 5.74) is 3.20. The first-order valence-electron chi connectivity index (χ1n) is 8.48. The van der Waals surface area contributed by atoms with Crippen LogP contribution < -0.4 is 18.9 Å². The van der Waals surface area contributed by atoms with Crippen molar-refractivity contribution in [2.24, 2.45) is 0 Å². The van der Waals surface area contributed by atoms with Gasteiger partial charge in [-0.2, -0.15) is 0 Å². The summed E-state index contributed by atoms with van der Waals surface area (Å²) in [6.45, 7) is 0.456. The first kappa shape index (κ1) is 15.8. The normalized spacial score (nSPS) is 14.2. The van der Waals surface area contributed by atoms with Crippen LogP contribution in [-0.2, 0) is 11.3 Å². The quantitative estimate of drug-likeness (QED) is 0.657. The minimum absolute atomic E-state index is 0.160. The van der Waals surface area contributed by atoms with Gasteiger partial charge in [0.05, 0.1) is 19.8 Å². The highest BCUT2D eigenvalue weighted by atomic mass is 16.7. The lowest BCUT2D eigenvalue weighted by molar-refractivity contribution is 0.0535. The third-order valence-corrected chi connectivity index (χ3v) is 4.95. The van der Waals surface area contributed by atoms with E-state index in [0.29, 0.717) is 35.2 Å². The largest absolute Gasteiger partial charge is 0.493 e. The Hall–Kier alpha value is -3.41. The van der Waals surface area contributed by atoms with Crippen molar-refractivity contribution in [3.63, 3.8) is 0 Å². The molecule has 0 saturated heterocycles. The molecule has 2 heterocycles. The number of hydrogen-bond donors (Lipinski definition) is 0. The van der Waals surface area contributed by atoms with E-state index in [2.05, 4.69) is 0 Å². The van der Waals surface area contributed by atoms with E-state index in [0.717, 1.165) is 27.5 Å². The highest BCUT2D eigenvalue weighted by Gasteiger charge is 2.27. The molecule has 5 rings (SSSR count). The van der Waals surface area contributed by atoms with Crippen LogP contribution in [0.25, 0.3) is 21.9 Å². The van der Waals surface area contributed by atoms with Crippen molar-refractivity contribution in [3.05, 3.63) is 47.5 Å². The Kier molecular flexibility index (Phi) is 3.40. The molecule has 0 bridgehead atoms. The van der Waals surface area contributed by atoms with Crippen LogP contribution in [-0.4, -0.2) is 27.0 Å². The summed E-state index contributed by atoms with van der Waals surface area (Å²) in [6, 6.07) is 11.4. The lowest BCUT2D eigenvalue weighted by atomic mass is 9.93. The molecule has 0 aromatic heterocycles. The fourth-order valence-electron chi connectivity index (χ4n) is 3.66. The number of methoxy groups -OCH3 is 2. The highest BCUT2D eigenvalue weighted by molar-refractivity contribution is 6.07. The van der Waals surface area contributed by atoms with Crippen molar-refractivity contribution in [2.45, 2.75) is 6.61 Å². The molecule has 0 fully saturated rings. The summed E-state index contributed by atoms with van der Waals surface area (Å²) in [5, 5.41) is 1.85. The van der Waals surface area contributed by atoms with Gasteiger partial charge in [0.2, 0.25) is 6.79 Å². The number of benzene rings is 3. The molecule has 6 nitrogen and oxygen atoms in total. The topological polar surface area (TPSA) is 63.2 Å². The molecule has 136 valence electrons. The fraction of sp³-hybridized carbons (Fsp3) is 0.190. The van der Waals surface area contributed by atoms with Gasteiger partial charge in [-0.3, -0.25) is 0 Å². The molecular formula is C21H16O6. The van der Waals surface area contributed by atoms with Gasteiger partial charge in [-0.05, 0) is 46.7 Å². The SMILES string of the molecule is COc1ccc(-c2c3c(cc4cc5c(cc24)C(=O)OC5)OCO3)cc1OC. The van der Waals surface area contributed by atoms with Gasteiger partial charge in [-0.15, -0.1) is 0 Å². The highest BCUT2D eigenvalue weighted by Crippen LogP contribution is 2.48. The number of cyclic esters (lactones) is 1. The molecule has 0 saturated carbocycles. The van der Waals surface area contributed by atoms with E-state index in [-0.39, 0.29) is 12.8 Å². The summed E-state index contributed by atoms with van der Waals surface area (Å²) in [7, 11) is 3.19. The number of rotatable bonds is 3. The number of fused-ring (bicyclic) bond motifs is 3. The van der Waals surface area contributed by atoms with Gasteiger partial charge in [0.15, 0.2) is 23.0 Å². The molecule has 0 N–H and O–H groups in total. The van der Waals surface area contributed by atoms with Gasteiger partial charge in [0.25, 0.3) is 0 Å². The number of hydrogen-bond acceptors (Lipinski definition) is 6. The zero-order chi connectivity index (χ0) is 18.5. The first-order chi connectivity index (χ1) is 13.2. The van der Waals surface area contributed by atoms with Gasteiger partial charge in [-0.25, -0.2) is 4.79 Å². The van der Waals surface area contributed by atoms with Gasteiger partial charge in [-0.1, -0.05) is 6.07 Å². The van der Waals surface area contributed by atoms with Crippen molar-refractivity contribution in [2.75, 3.05) is 21.0 Å². The van der Waals surface area contributed by atoms with Gasteiger partial charge < -0.3 is 23.7 Å². The molecule has 0 atom stereocenters. The van der Waals surface area contributed by atoms with E-state index in [4.69, 9.17) is 23.7 Å². The average molecular weight is 364 g/mol. The van der Waals surface area contributed by atoms with E-state index < -0.39 is 0 Å². The van der Waals surface area contributed by atoms with E-state index in [1.54, 1.807) is 14.2 Å². The van der Waals surface area contributed by atoms with Crippen molar-refractivity contribution in [1.82, 2.24) is 0 Å². The maximum Gasteiger partial charge on any atom is 0.338 e. The standard InChI is InChI=1S/C21H16O6/c1-23-16-4-3-11(6-17(16)24-2)19-14-8-15-13(9-25-21(15)22)5-12(14)7-18-20(19)27-10-26-18/h3-8H,9-10H2,1-2H3. The molecule has 6 heteroatoms. The van der Waals surface area contributed by atoms with Crippen LogP contribution in [0.15, 0.2) is 36.4 Å². The van der Waals surface area contributed by atoms with Gasteiger partial charge in [0.1, 0.15) is 6.61 Å². The zero-order valence-electron chi connectivity index (χ0n) is 14.8. The Morgan fingerprint density at radius 3 is 2.59 bits per heavy atom. The van der Waals surface area contributed by atoms with Gasteiger partial charge >= 0.3 is 5.97 Å². The van der Waals surface area contributed by atoms with Crippen LogP contribution in [0, 0.1) is 0 Å². The molecule has 0 unspecified atom stereocenters. The molecule has 3 aromatic carbocycles. The number of carbonyl (C=O) groups is 1. The summed E-state index contributed by atoms with van der Waals surface area (Å²) >= 11 is 0. The summed E-state index contributed by atoms with van der Waals surface area (Å²) < 4.78 is 27.4. The smallest absolute Gasteiger partial charge is 0.338 e. The molecule has 27 heavy (non-hydrogen) atoms. The molecule has 0 spiro atoms. The molecule has 0 amide bonds. The Labute approximate surface area is 155 Å². The van der Waals surface area contributed by atoms with Crippen molar-refractivity contribution in [3.8, 4) is 34.1 Å². The number of carbonyl (C=O) groups excluding carboxylic acids is 1. The zero-order valence-corrected chi connectivity index (χ0v) is 14.8. The molecule has 0 aliphatic carbocycles. The second kappa shape index (κ2) is 5.81. The first-order valence-corrected chi connectivity index (χ1v) is 8.48. The van der Waals surface area contributed by atoms with Crippen LogP contribution in [0.2, 0.25) is 0 Å². The van der Waals surface area contributed by atoms with E-state index in [1.807, 2.05) is 36.4 Å². The predicted octanol–water partition coefficient (Wildman–Crippen LogP) is 3.92. The lowest BCUT2D eigenvalue weighted by Gasteiger charge is -2.14. The third-order valence-electron chi connectivity index (χ3n) is 4.95. The molecular weight excluding hydrogens is 348 g/mol. The van der Waals surface area contributed by atoms with Crippen LogP contribution in [0.5, 0.6) is 23.0 Å². The van der Waals surface area contributed by atoms with E-state index in [1.165, 1.54) is 0 Å². The lowest BCUT2D eigenvalue weighted by Crippen LogP contribution is -1.96.